The van der Waals surface area contributed by atoms with Gasteiger partial charge in [-0.25, -0.2) is 0 Å². The molecule has 0 radical (unpaired) electrons. The number of amides is 1. The minimum absolute atomic E-state index is 0.149. The monoisotopic (exact) mass is 331 g/mol. The van der Waals surface area contributed by atoms with Gasteiger partial charge in [-0.1, -0.05) is 18.2 Å². The number of rotatable bonds is 6. The molecule has 1 N–H and O–H groups in total. The van der Waals surface area contributed by atoms with Gasteiger partial charge < -0.3 is 19.1 Å². The van der Waals surface area contributed by atoms with Crippen molar-refractivity contribution in [3.05, 3.63) is 46.8 Å². The fraction of sp³-hybridized carbons (Fsp3) is 0.412. The summed E-state index contributed by atoms with van der Waals surface area (Å²) >= 11 is 0. The van der Waals surface area contributed by atoms with Crippen molar-refractivity contribution in [2.45, 2.75) is 19.3 Å². The third-order valence-electron chi connectivity index (χ3n) is 4.35. The number of hydrogen-bond acceptors (Lipinski definition) is 5. The summed E-state index contributed by atoms with van der Waals surface area (Å²) in [5, 5.41) is 7.09. The lowest BCUT2D eigenvalue weighted by atomic mass is 9.98. The second-order valence-electron chi connectivity index (χ2n) is 5.61. The van der Waals surface area contributed by atoms with Gasteiger partial charge in [0.15, 0.2) is 12.0 Å². The molecule has 2 heterocycles. The summed E-state index contributed by atoms with van der Waals surface area (Å²) in [6.07, 6.45) is -0.514. The number of methoxy groups -OCH3 is 3. The van der Waals surface area contributed by atoms with Gasteiger partial charge in [-0.05, 0) is 13.0 Å². The van der Waals surface area contributed by atoms with E-state index in [0.717, 1.165) is 22.6 Å². The molecule has 1 aliphatic rings. The number of aryl methyl sites for hydroxylation is 1. The lowest BCUT2D eigenvalue weighted by molar-refractivity contribution is -0.113. The van der Waals surface area contributed by atoms with Gasteiger partial charge in [0.05, 0.1) is 19.7 Å². The molecule has 2 aromatic rings. The predicted molar refractivity (Wildman–Crippen MR) is 87.0 cm³/mol. The summed E-state index contributed by atoms with van der Waals surface area (Å²) in [5.41, 5.74) is 3.08. The molecule has 0 aliphatic carbocycles. The summed E-state index contributed by atoms with van der Waals surface area (Å²) in [6.45, 7) is 2.21. The number of fused-ring (bicyclic) bond motifs is 1. The first kappa shape index (κ1) is 16.5. The number of hydrogen-bond donors (Lipinski definition) is 1. The number of para-hydroxylation sites is 1. The summed E-state index contributed by atoms with van der Waals surface area (Å²) in [6, 6.07) is 7.38. The SMILES string of the molecule is COc1ccccc1C1c2c(n[nH]c2C)C(=O)N1CC(OC)OC. The van der Waals surface area contributed by atoms with E-state index >= 15 is 0 Å². The Morgan fingerprint density at radius 2 is 1.96 bits per heavy atom. The van der Waals surface area contributed by atoms with Crippen LogP contribution in [0.5, 0.6) is 5.75 Å². The second kappa shape index (κ2) is 6.62. The minimum Gasteiger partial charge on any atom is -0.496 e. The van der Waals surface area contributed by atoms with Crippen LogP contribution in [0, 0.1) is 6.92 Å². The molecule has 1 atom stereocenters. The average Bonchev–Trinajstić information content (AvgIpc) is 3.11. The zero-order chi connectivity index (χ0) is 17.3. The topological polar surface area (TPSA) is 76.7 Å². The van der Waals surface area contributed by atoms with E-state index in [1.807, 2.05) is 31.2 Å². The Morgan fingerprint density at radius 3 is 2.62 bits per heavy atom. The maximum Gasteiger partial charge on any atom is 0.275 e. The van der Waals surface area contributed by atoms with Gasteiger partial charge in [-0.2, -0.15) is 5.10 Å². The lowest BCUT2D eigenvalue weighted by Crippen LogP contribution is -2.38. The normalized spacial score (nSPS) is 16.8. The zero-order valence-corrected chi connectivity index (χ0v) is 14.2. The first-order valence-corrected chi connectivity index (χ1v) is 7.66. The highest BCUT2D eigenvalue weighted by Crippen LogP contribution is 2.42. The Kier molecular flexibility index (Phi) is 4.55. The standard InChI is InChI=1S/C17H21N3O4/c1-10-14-15(19-18-10)17(21)20(9-13(23-3)24-4)16(14)11-7-5-6-8-12(11)22-2/h5-8,13,16H,9H2,1-4H3,(H,18,19). The van der Waals surface area contributed by atoms with E-state index in [-0.39, 0.29) is 11.9 Å². The van der Waals surface area contributed by atoms with Crippen LogP contribution in [0.3, 0.4) is 0 Å². The second-order valence-corrected chi connectivity index (χ2v) is 5.61. The smallest absolute Gasteiger partial charge is 0.275 e. The minimum atomic E-state index is -0.514. The first-order chi connectivity index (χ1) is 11.6. The molecule has 0 saturated carbocycles. The van der Waals surface area contributed by atoms with Crippen LogP contribution in [0.2, 0.25) is 0 Å². The maximum atomic E-state index is 12.9. The van der Waals surface area contributed by atoms with E-state index < -0.39 is 6.29 Å². The highest BCUT2D eigenvalue weighted by Gasteiger charge is 2.43. The number of nitrogens with zero attached hydrogens (tertiary/aromatic N) is 2. The van der Waals surface area contributed by atoms with Crippen LogP contribution in [0.4, 0.5) is 0 Å². The van der Waals surface area contributed by atoms with E-state index in [4.69, 9.17) is 14.2 Å². The first-order valence-electron chi connectivity index (χ1n) is 7.66. The largest absolute Gasteiger partial charge is 0.496 e. The molecular formula is C17H21N3O4. The van der Waals surface area contributed by atoms with Gasteiger partial charge in [0.2, 0.25) is 0 Å². The van der Waals surface area contributed by atoms with E-state index in [0.29, 0.717) is 12.2 Å². The van der Waals surface area contributed by atoms with Crippen LogP contribution in [0.15, 0.2) is 24.3 Å². The summed E-state index contributed by atoms with van der Waals surface area (Å²) < 4.78 is 16.1. The van der Waals surface area contributed by atoms with Gasteiger partial charge in [-0.15, -0.1) is 0 Å². The fourth-order valence-corrected chi connectivity index (χ4v) is 3.15. The Balaban J connectivity index is 2.10. The van der Waals surface area contributed by atoms with Crippen molar-refractivity contribution in [3.8, 4) is 5.75 Å². The van der Waals surface area contributed by atoms with Crippen LogP contribution < -0.4 is 4.74 Å². The number of nitrogens with one attached hydrogen (secondary N) is 1. The molecular weight excluding hydrogens is 310 g/mol. The van der Waals surface area contributed by atoms with Crippen molar-refractivity contribution in [1.29, 1.82) is 0 Å². The van der Waals surface area contributed by atoms with Gasteiger partial charge in [0.1, 0.15) is 5.75 Å². The number of carbonyl (C=O) groups is 1. The third kappa shape index (κ3) is 2.55. The molecule has 0 spiro atoms. The van der Waals surface area contributed by atoms with Crippen LogP contribution in [-0.4, -0.2) is 55.2 Å². The van der Waals surface area contributed by atoms with Crippen molar-refractivity contribution < 1.29 is 19.0 Å². The molecule has 0 fully saturated rings. The van der Waals surface area contributed by atoms with Crippen LogP contribution in [-0.2, 0) is 9.47 Å². The number of aromatic amines is 1. The quantitative estimate of drug-likeness (QED) is 0.818. The van der Waals surface area contributed by atoms with Crippen LogP contribution in [0.1, 0.15) is 33.4 Å². The van der Waals surface area contributed by atoms with Crippen molar-refractivity contribution in [2.24, 2.45) is 0 Å². The lowest BCUT2D eigenvalue weighted by Gasteiger charge is -2.29. The Hall–Kier alpha value is -2.38. The Morgan fingerprint density at radius 1 is 1.25 bits per heavy atom. The highest BCUT2D eigenvalue weighted by molar-refractivity contribution is 5.98. The van der Waals surface area contributed by atoms with Crippen LogP contribution in [0.25, 0.3) is 0 Å². The summed E-state index contributed by atoms with van der Waals surface area (Å²) in [7, 11) is 4.73. The fourth-order valence-electron chi connectivity index (χ4n) is 3.15. The van der Waals surface area contributed by atoms with E-state index in [2.05, 4.69) is 10.2 Å². The van der Waals surface area contributed by atoms with Crippen LogP contribution >= 0.6 is 0 Å². The van der Waals surface area contributed by atoms with E-state index in [1.54, 1.807) is 26.2 Å². The molecule has 7 heteroatoms. The molecule has 0 bridgehead atoms. The number of carbonyl (C=O) groups excluding carboxylic acids is 1. The van der Waals surface area contributed by atoms with Crippen molar-refractivity contribution in [3.63, 3.8) is 0 Å². The Labute approximate surface area is 140 Å². The Bertz CT molecular complexity index is 739. The summed E-state index contributed by atoms with van der Waals surface area (Å²) in [4.78, 5) is 14.6. The number of H-pyrrole nitrogens is 1. The van der Waals surface area contributed by atoms with Crippen molar-refractivity contribution in [1.82, 2.24) is 15.1 Å². The van der Waals surface area contributed by atoms with Crippen molar-refractivity contribution >= 4 is 5.91 Å². The molecule has 7 nitrogen and oxygen atoms in total. The predicted octanol–water partition coefficient (Wildman–Crippen LogP) is 1.89. The zero-order valence-electron chi connectivity index (χ0n) is 14.2. The molecule has 128 valence electrons. The van der Waals surface area contributed by atoms with E-state index in [9.17, 15) is 4.79 Å². The van der Waals surface area contributed by atoms with Gasteiger partial charge >= 0.3 is 0 Å². The van der Waals surface area contributed by atoms with Gasteiger partial charge in [-0.3, -0.25) is 9.89 Å². The maximum absolute atomic E-state index is 12.9. The van der Waals surface area contributed by atoms with E-state index in [1.165, 1.54) is 0 Å². The number of aromatic nitrogens is 2. The number of ether oxygens (including phenoxy) is 3. The third-order valence-corrected chi connectivity index (χ3v) is 4.35. The van der Waals surface area contributed by atoms with Gasteiger partial charge in [0, 0.05) is 31.0 Å². The molecule has 1 unspecified atom stereocenters. The van der Waals surface area contributed by atoms with Crippen molar-refractivity contribution in [2.75, 3.05) is 27.9 Å². The molecule has 0 saturated heterocycles. The molecule has 1 aromatic heterocycles. The highest BCUT2D eigenvalue weighted by atomic mass is 16.7. The molecule has 1 amide bonds. The molecule has 3 rings (SSSR count). The average molecular weight is 331 g/mol. The molecule has 24 heavy (non-hydrogen) atoms. The molecule has 1 aromatic carbocycles. The van der Waals surface area contributed by atoms with Gasteiger partial charge in [0.25, 0.3) is 5.91 Å². The molecule has 1 aliphatic heterocycles. The number of benzene rings is 1. The summed E-state index contributed by atoms with van der Waals surface area (Å²) in [5.74, 6) is 0.574.